The van der Waals surface area contributed by atoms with E-state index < -0.39 is 0 Å². The Balaban J connectivity index is 1.26. The minimum atomic E-state index is -0.0494. The van der Waals surface area contributed by atoms with E-state index in [1.165, 1.54) is 49.9 Å². The summed E-state index contributed by atoms with van der Waals surface area (Å²) in [6, 6.07) is 7.97. The summed E-state index contributed by atoms with van der Waals surface area (Å²) in [7, 11) is 0. The Hall–Kier alpha value is -2.47. The van der Waals surface area contributed by atoms with Crippen molar-refractivity contribution in [3.8, 4) is 11.3 Å². The lowest BCUT2D eigenvalue weighted by Crippen LogP contribution is -2.55. The largest absolute Gasteiger partial charge is 0.397 e. The molecule has 160 valence electrons. The monoisotopic (exact) mass is 432 g/mol. The van der Waals surface area contributed by atoms with Gasteiger partial charge < -0.3 is 11.1 Å². The van der Waals surface area contributed by atoms with E-state index in [9.17, 15) is 4.79 Å². The summed E-state index contributed by atoms with van der Waals surface area (Å²) in [5, 5.41) is 4.21. The quantitative estimate of drug-likeness (QED) is 0.588. The molecule has 1 atom stereocenters. The molecular weight excluding hydrogens is 404 g/mol. The summed E-state index contributed by atoms with van der Waals surface area (Å²) in [6.45, 7) is 2.22. The van der Waals surface area contributed by atoms with E-state index in [0.717, 1.165) is 39.2 Å². The summed E-state index contributed by atoms with van der Waals surface area (Å²) in [5.41, 5.74) is 9.03. The van der Waals surface area contributed by atoms with Crippen molar-refractivity contribution in [2.75, 3.05) is 5.73 Å². The number of carbonyl (C=O) groups is 1. The predicted molar refractivity (Wildman–Crippen MR) is 125 cm³/mol. The van der Waals surface area contributed by atoms with Crippen molar-refractivity contribution >= 4 is 33.1 Å². The number of thiophene rings is 1. The Morgan fingerprint density at radius 3 is 2.52 bits per heavy atom. The van der Waals surface area contributed by atoms with Crippen LogP contribution in [-0.4, -0.2) is 21.9 Å². The third-order valence-electron chi connectivity index (χ3n) is 8.11. The fourth-order valence-electron chi connectivity index (χ4n) is 6.96. The number of carbonyl (C=O) groups excluding carboxylic acids is 1. The van der Waals surface area contributed by atoms with Crippen molar-refractivity contribution in [2.24, 2.45) is 23.2 Å². The molecule has 1 amide bonds. The van der Waals surface area contributed by atoms with E-state index in [0.29, 0.717) is 10.6 Å². The lowest BCUT2D eigenvalue weighted by Gasteiger charge is -2.59. The summed E-state index contributed by atoms with van der Waals surface area (Å²) >= 11 is 1.39. The van der Waals surface area contributed by atoms with Crippen molar-refractivity contribution in [2.45, 2.75) is 51.5 Å². The van der Waals surface area contributed by atoms with Crippen LogP contribution < -0.4 is 11.1 Å². The first-order valence-electron chi connectivity index (χ1n) is 11.4. The molecule has 6 heteroatoms. The number of rotatable bonds is 4. The Morgan fingerprint density at radius 2 is 1.87 bits per heavy atom. The van der Waals surface area contributed by atoms with Gasteiger partial charge >= 0.3 is 0 Å². The third-order valence-corrected chi connectivity index (χ3v) is 9.22. The first kappa shape index (κ1) is 19.2. The molecule has 4 saturated carbocycles. The third kappa shape index (κ3) is 3.15. The molecule has 0 spiro atoms. The van der Waals surface area contributed by atoms with Crippen LogP contribution in [0.25, 0.3) is 21.5 Å². The zero-order valence-corrected chi connectivity index (χ0v) is 18.6. The van der Waals surface area contributed by atoms with E-state index >= 15 is 0 Å². The van der Waals surface area contributed by atoms with Gasteiger partial charge in [-0.05, 0) is 92.9 Å². The highest BCUT2D eigenvalue weighted by Crippen LogP contribution is 2.61. The average molecular weight is 433 g/mol. The standard InChI is InChI=1S/C25H28N4OS/c1-14(25-10-15-7-16(11-25)9-17(8-15)12-25)28-23(30)22-21(26)19-4-5-20(29-24(19)31-22)18-3-2-6-27-13-18/h2-6,13-17H,7-12,26H2,1H3,(H,28,30)/t14-,15?,16?,17?,25?/m0/s1. The van der Waals surface area contributed by atoms with E-state index in [1.807, 2.05) is 24.3 Å². The van der Waals surface area contributed by atoms with Crippen LogP contribution in [0.4, 0.5) is 5.69 Å². The first-order valence-corrected chi connectivity index (χ1v) is 12.2. The number of nitrogens with one attached hydrogen (secondary N) is 1. The van der Waals surface area contributed by atoms with E-state index in [1.54, 1.807) is 12.4 Å². The van der Waals surface area contributed by atoms with Crippen LogP contribution in [0.5, 0.6) is 0 Å². The molecule has 0 unspecified atom stereocenters. The number of nitrogens with two attached hydrogens (primary N) is 1. The molecule has 0 radical (unpaired) electrons. The topological polar surface area (TPSA) is 80.9 Å². The van der Waals surface area contributed by atoms with Crippen LogP contribution in [0, 0.1) is 23.2 Å². The molecule has 3 N–H and O–H groups in total. The highest BCUT2D eigenvalue weighted by atomic mass is 32.1. The lowest BCUT2D eigenvalue weighted by atomic mass is 9.48. The zero-order chi connectivity index (χ0) is 21.2. The van der Waals surface area contributed by atoms with Gasteiger partial charge in [-0.3, -0.25) is 9.78 Å². The lowest BCUT2D eigenvalue weighted by molar-refractivity contribution is -0.0687. The predicted octanol–water partition coefficient (Wildman–Crippen LogP) is 5.28. The van der Waals surface area contributed by atoms with Crippen molar-refractivity contribution in [1.29, 1.82) is 0 Å². The van der Waals surface area contributed by atoms with Gasteiger partial charge in [-0.15, -0.1) is 11.3 Å². The van der Waals surface area contributed by atoms with Gasteiger partial charge in [0.1, 0.15) is 9.71 Å². The van der Waals surface area contributed by atoms with Crippen LogP contribution in [-0.2, 0) is 0 Å². The summed E-state index contributed by atoms with van der Waals surface area (Å²) in [4.78, 5) is 23.6. The maximum Gasteiger partial charge on any atom is 0.263 e. The molecule has 0 aliphatic heterocycles. The molecule has 0 saturated heterocycles. The number of nitrogen functional groups attached to an aromatic ring is 1. The molecule has 5 nitrogen and oxygen atoms in total. The molecule has 31 heavy (non-hydrogen) atoms. The Labute approximate surface area is 186 Å². The van der Waals surface area contributed by atoms with Crippen LogP contribution in [0.1, 0.15) is 55.1 Å². The van der Waals surface area contributed by atoms with Crippen LogP contribution in [0.3, 0.4) is 0 Å². The van der Waals surface area contributed by atoms with Gasteiger partial charge in [0.15, 0.2) is 0 Å². The van der Waals surface area contributed by atoms with Gasteiger partial charge in [0.05, 0.1) is 11.4 Å². The van der Waals surface area contributed by atoms with E-state index in [2.05, 4.69) is 17.2 Å². The second-order valence-electron chi connectivity index (χ2n) is 10.1. The number of hydrogen-bond acceptors (Lipinski definition) is 5. The van der Waals surface area contributed by atoms with Crippen molar-refractivity contribution in [3.63, 3.8) is 0 Å². The molecule has 4 aliphatic rings. The smallest absolute Gasteiger partial charge is 0.263 e. The fourth-order valence-corrected chi connectivity index (χ4v) is 7.96. The number of fused-ring (bicyclic) bond motifs is 1. The van der Waals surface area contributed by atoms with Gasteiger partial charge in [0.2, 0.25) is 0 Å². The van der Waals surface area contributed by atoms with E-state index in [-0.39, 0.29) is 17.4 Å². The van der Waals surface area contributed by atoms with Gasteiger partial charge in [-0.25, -0.2) is 4.98 Å². The number of pyridine rings is 2. The van der Waals surface area contributed by atoms with Crippen molar-refractivity contribution in [1.82, 2.24) is 15.3 Å². The maximum absolute atomic E-state index is 13.3. The minimum Gasteiger partial charge on any atom is -0.397 e. The highest BCUT2D eigenvalue weighted by molar-refractivity contribution is 7.21. The minimum absolute atomic E-state index is 0.0494. The SMILES string of the molecule is C[C@H](NC(=O)c1sc2nc(-c3cccnc3)ccc2c1N)C12CC3CC(CC(C3)C1)C2. The number of aromatic nitrogens is 2. The van der Waals surface area contributed by atoms with Gasteiger partial charge in [0, 0.05) is 29.4 Å². The summed E-state index contributed by atoms with van der Waals surface area (Å²) in [6.07, 6.45) is 11.6. The number of anilines is 1. The van der Waals surface area contributed by atoms with Crippen LogP contribution in [0.15, 0.2) is 36.7 Å². The fraction of sp³-hybridized carbons (Fsp3) is 0.480. The second-order valence-corrected chi connectivity index (χ2v) is 11.1. The normalized spacial score (nSPS) is 29.9. The zero-order valence-electron chi connectivity index (χ0n) is 17.8. The number of nitrogens with zero attached hydrogens (tertiary/aromatic N) is 2. The second kappa shape index (κ2) is 7.02. The Morgan fingerprint density at radius 1 is 1.16 bits per heavy atom. The first-order chi connectivity index (χ1) is 15.0. The summed E-state index contributed by atoms with van der Waals surface area (Å²) in [5.74, 6) is 2.56. The molecule has 3 heterocycles. The van der Waals surface area contributed by atoms with Gasteiger partial charge in [-0.2, -0.15) is 0 Å². The molecule has 3 aromatic heterocycles. The molecule has 0 aromatic carbocycles. The number of hydrogen-bond donors (Lipinski definition) is 2. The molecule has 4 fully saturated rings. The molecule has 7 rings (SSSR count). The van der Waals surface area contributed by atoms with Gasteiger partial charge in [0.25, 0.3) is 5.91 Å². The Bertz CT molecular complexity index is 1120. The van der Waals surface area contributed by atoms with Crippen molar-refractivity contribution < 1.29 is 4.79 Å². The molecule has 4 aliphatic carbocycles. The molecule has 4 bridgehead atoms. The van der Waals surface area contributed by atoms with E-state index in [4.69, 9.17) is 10.7 Å². The average Bonchev–Trinajstić information content (AvgIpc) is 3.09. The van der Waals surface area contributed by atoms with Crippen molar-refractivity contribution in [3.05, 3.63) is 41.5 Å². The summed E-state index contributed by atoms with van der Waals surface area (Å²) < 4.78 is 0. The van der Waals surface area contributed by atoms with Gasteiger partial charge in [-0.1, -0.05) is 0 Å². The maximum atomic E-state index is 13.3. The van der Waals surface area contributed by atoms with Crippen LogP contribution >= 0.6 is 11.3 Å². The molecular formula is C25H28N4OS. The van der Waals surface area contributed by atoms with Crippen LogP contribution in [0.2, 0.25) is 0 Å². The number of amides is 1. The molecule has 3 aromatic rings. The highest BCUT2D eigenvalue weighted by Gasteiger charge is 2.53. The Kier molecular flexibility index (Phi) is 4.36.